The zero-order valence-corrected chi connectivity index (χ0v) is 16.1. The quantitative estimate of drug-likeness (QED) is 0.819. The van der Waals surface area contributed by atoms with E-state index in [0.29, 0.717) is 37.6 Å². The van der Waals surface area contributed by atoms with Crippen LogP contribution in [0.1, 0.15) is 12.8 Å². The summed E-state index contributed by atoms with van der Waals surface area (Å²) in [5.41, 5.74) is 0. The SMILES string of the molecule is O=C(CNCC1CC1)N1CCN(S(=O)(=O)c2ccc3ccccc3c2)CC1. The van der Waals surface area contributed by atoms with Crippen molar-refractivity contribution in [2.24, 2.45) is 5.92 Å². The number of nitrogens with zero attached hydrogens (tertiary/aromatic N) is 2. The van der Waals surface area contributed by atoms with Gasteiger partial charge in [-0.25, -0.2) is 8.42 Å². The fourth-order valence-corrected chi connectivity index (χ4v) is 4.93. The van der Waals surface area contributed by atoms with Crippen LogP contribution in [0.3, 0.4) is 0 Å². The van der Waals surface area contributed by atoms with Gasteiger partial charge in [0.15, 0.2) is 0 Å². The maximum atomic E-state index is 13.0. The van der Waals surface area contributed by atoms with Crippen LogP contribution in [0.5, 0.6) is 0 Å². The van der Waals surface area contributed by atoms with Crippen molar-refractivity contribution in [3.63, 3.8) is 0 Å². The molecule has 0 unspecified atom stereocenters. The molecule has 2 aliphatic rings. The second-order valence-corrected chi connectivity index (χ2v) is 9.31. The zero-order valence-electron chi connectivity index (χ0n) is 15.3. The summed E-state index contributed by atoms with van der Waals surface area (Å²) in [5.74, 6) is 0.792. The molecule has 1 amide bonds. The van der Waals surface area contributed by atoms with E-state index < -0.39 is 10.0 Å². The predicted molar refractivity (Wildman–Crippen MR) is 105 cm³/mol. The summed E-state index contributed by atoms with van der Waals surface area (Å²) in [6.45, 7) is 2.80. The average Bonchev–Trinajstić information content (AvgIpc) is 3.52. The molecule has 7 heteroatoms. The smallest absolute Gasteiger partial charge is 0.243 e. The third kappa shape index (κ3) is 4.15. The molecular weight excluding hydrogens is 362 g/mol. The van der Waals surface area contributed by atoms with Crippen LogP contribution in [-0.2, 0) is 14.8 Å². The summed E-state index contributed by atoms with van der Waals surface area (Å²) >= 11 is 0. The van der Waals surface area contributed by atoms with Gasteiger partial charge in [-0.2, -0.15) is 4.31 Å². The molecule has 0 aromatic heterocycles. The highest BCUT2D eigenvalue weighted by Gasteiger charge is 2.30. The molecule has 1 saturated heterocycles. The molecule has 1 aliphatic carbocycles. The van der Waals surface area contributed by atoms with Crippen molar-refractivity contribution in [2.45, 2.75) is 17.7 Å². The van der Waals surface area contributed by atoms with Gasteiger partial charge in [0, 0.05) is 26.2 Å². The largest absolute Gasteiger partial charge is 0.339 e. The minimum absolute atomic E-state index is 0.0541. The summed E-state index contributed by atoms with van der Waals surface area (Å²) in [5, 5.41) is 5.14. The first kappa shape index (κ1) is 18.4. The number of fused-ring (bicyclic) bond motifs is 1. The number of nitrogens with one attached hydrogen (secondary N) is 1. The Kier molecular flexibility index (Phi) is 5.16. The van der Waals surface area contributed by atoms with Crippen LogP contribution < -0.4 is 5.32 Å². The van der Waals surface area contributed by atoms with E-state index in [0.717, 1.165) is 23.2 Å². The van der Waals surface area contributed by atoms with Crippen LogP contribution in [0.4, 0.5) is 0 Å². The van der Waals surface area contributed by atoms with Crippen molar-refractivity contribution in [1.29, 1.82) is 0 Å². The Morgan fingerprint density at radius 1 is 1.00 bits per heavy atom. The summed E-state index contributed by atoms with van der Waals surface area (Å²) in [6.07, 6.45) is 2.51. The molecule has 0 spiro atoms. The van der Waals surface area contributed by atoms with Crippen molar-refractivity contribution in [1.82, 2.24) is 14.5 Å². The summed E-state index contributed by atoms with van der Waals surface area (Å²) < 4.78 is 27.4. The third-order valence-corrected chi connectivity index (χ3v) is 7.25. The van der Waals surface area contributed by atoms with Crippen LogP contribution in [0.2, 0.25) is 0 Å². The van der Waals surface area contributed by atoms with E-state index in [2.05, 4.69) is 5.32 Å². The number of carbonyl (C=O) groups is 1. The molecule has 2 aromatic carbocycles. The number of carbonyl (C=O) groups excluding carboxylic acids is 1. The molecular formula is C20H25N3O3S. The van der Waals surface area contributed by atoms with Crippen LogP contribution in [0.15, 0.2) is 47.4 Å². The first-order valence-corrected chi connectivity index (χ1v) is 11.0. The molecule has 0 bridgehead atoms. The lowest BCUT2D eigenvalue weighted by Crippen LogP contribution is -2.52. The Hall–Kier alpha value is -1.96. The number of amides is 1. The Morgan fingerprint density at radius 3 is 2.41 bits per heavy atom. The first-order valence-electron chi connectivity index (χ1n) is 9.51. The van der Waals surface area contributed by atoms with E-state index in [1.165, 1.54) is 17.1 Å². The second kappa shape index (κ2) is 7.58. The van der Waals surface area contributed by atoms with Gasteiger partial charge in [0.25, 0.3) is 0 Å². The van der Waals surface area contributed by atoms with E-state index >= 15 is 0 Å². The molecule has 0 atom stereocenters. The number of sulfonamides is 1. The van der Waals surface area contributed by atoms with Crippen molar-refractivity contribution in [3.05, 3.63) is 42.5 Å². The monoisotopic (exact) mass is 387 g/mol. The molecule has 1 N–H and O–H groups in total. The molecule has 0 radical (unpaired) electrons. The van der Waals surface area contributed by atoms with E-state index in [-0.39, 0.29) is 5.91 Å². The van der Waals surface area contributed by atoms with E-state index in [9.17, 15) is 13.2 Å². The number of hydrogen-bond acceptors (Lipinski definition) is 4. The Morgan fingerprint density at radius 2 is 1.70 bits per heavy atom. The molecule has 1 aliphatic heterocycles. The van der Waals surface area contributed by atoms with Gasteiger partial charge < -0.3 is 10.2 Å². The minimum Gasteiger partial charge on any atom is -0.339 e. The van der Waals surface area contributed by atoms with Crippen LogP contribution in [0.25, 0.3) is 10.8 Å². The lowest BCUT2D eigenvalue weighted by Gasteiger charge is -2.34. The minimum atomic E-state index is -3.54. The van der Waals surface area contributed by atoms with Gasteiger partial charge in [0.1, 0.15) is 0 Å². The first-order chi connectivity index (χ1) is 13.0. The summed E-state index contributed by atoms with van der Waals surface area (Å²) in [7, 11) is -3.54. The molecule has 144 valence electrons. The van der Waals surface area contributed by atoms with Crippen molar-refractivity contribution in [3.8, 4) is 0 Å². The van der Waals surface area contributed by atoms with Gasteiger partial charge in [-0.15, -0.1) is 0 Å². The fourth-order valence-electron chi connectivity index (χ4n) is 3.47. The highest BCUT2D eigenvalue weighted by atomic mass is 32.2. The predicted octanol–water partition coefficient (Wildman–Crippen LogP) is 1.67. The molecule has 6 nitrogen and oxygen atoms in total. The standard InChI is InChI=1S/C20H25N3O3S/c24-20(15-21-14-16-5-6-16)22-9-11-23(12-10-22)27(25,26)19-8-7-17-3-1-2-4-18(17)13-19/h1-4,7-8,13,16,21H,5-6,9-12,14-15H2. The van der Waals surface area contributed by atoms with Gasteiger partial charge in [-0.05, 0) is 48.2 Å². The number of benzene rings is 2. The second-order valence-electron chi connectivity index (χ2n) is 7.37. The van der Waals surface area contributed by atoms with Crippen molar-refractivity contribution < 1.29 is 13.2 Å². The van der Waals surface area contributed by atoms with Gasteiger partial charge in [0.05, 0.1) is 11.4 Å². The highest BCUT2D eigenvalue weighted by Crippen LogP contribution is 2.27. The topological polar surface area (TPSA) is 69.7 Å². The van der Waals surface area contributed by atoms with Crippen LogP contribution in [-0.4, -0.2) is 62.8 Å². The number of piperazine rings is 1. The Bertz CT molecular complexity index is 932. The van der Waals surface area contributed by atoms with Gasteiger partial charge in [0.2, 0.25) is 15.9 Å². The Balaban J connectivity index is 1.37. The normalized spacial score (nSPS) is 18.7. The van der Waals surface area contributed by atoms with Crippen LogP contribution >= 0.6 is 0 Å². The molecule has 2 aromatic rings. The molecule has 2 fully saturated rings. The van der Waals surface area contributed by atoms with Gasteiger partial charge >= 0.3 is 0 Å². The van der Waals surface area contributed by atoms with E-state index in [1.54, 1.807) is 17.0 Å². The summed E-state index contributed by atoms with van der Waals surface area (Å²) in [4.78, 5) is 14.3. The van der Waals surface area contributed by atoms with Gasteiger partial charge in [-0.1, -0.05) is 30.3 Å². The number of rotatable bonds is 6. The summed E-state index contributed by atoms with van der Waals surface area (Å²) in [6, 6.07) is 13.0. The molecule has 4 rings (SSSR count). The Labute approximate surface area is 160 Å². The molecule has 1 heterocycles. The fraction of sp³-hybridized carbons (Fsp3) is 0.450. The van der Waals surface area contributed by atoms with E-state index in [4.69, 9.17) is 0 Å². The van der Waals surface area contributed by atoms with Gasteiger partial charge in [-0.3, -0.25) is 4.79 Å². The maximum Gasteiger partial charge on any atom is 0.243 e. The third-order valence-electron chi connectivity index (χ3n) is 5.36. The molecule has 27 heavy (non-hydrogen) atoms. The molecule has 1 saturated carbocycles. The maximum absolute atomic E-state index is 13.0. The average molecular weight is 388 g/mol. The van der Waals surface area contributed by atoms with Crippen molar-refractivity contribution in [2.75, 3.05) is 39.3 Å². The lowest BCUT2D eigenvalue weighted by atomic mass is 10.1. The van der Waals surface area contributed by atoms with E-state index in [1.807, 2.05) is 30.3 Å². The number of hydrogen-bond donors (Lipinski definition) is 1. The highest BCUT2D eigenvalue weighted by molar-refractivity contribution is 7.89. The lowest BCUT2D eigenvalue weighted by molar-refractivity contribution is -0.131. The zero-order chi connectivity index (χ0) is 18.9. The van der Waals surface area contributed by atoms with Crippen molar-refractivity contribution >= 4 is 26.7 Å². The van der Waals surface area contributed by atoms with Crippen LogP contribution in [0, 0.1) is 5.92 Å².